The molecule has 3 aromatic rings. The number of rotatable bonds is 6. The molecule has 0 bridgehead atoms. The highest BCUT2D eigenvalue weighted by Crippen LogP contribution is 2.28. The Hall–Kier alpha value is -3.88. The van der Waals surface area contributed by atoms with Crippen LogP contribution in [0.4, 0.5) is 10.5 Å². The molecule has 1 aliphatic heterocycles. The van der Waals surface area contributed by atoms with E-state index in [-0.39, 0.29) is 11.9 Å². The van der Waals surface area contributed by atoms with Crippen molar-refractivity contribution in [2.75, 3.05) is 11.9 Å². The van der Waals surface area contributed by atoms with Crippen LogP contribution in [0.5, 0.6) is 5.75 Å². The van der Waals surface area contributed by atoms with Crippen molar-refractivity contribution in [3.05, 3.63) is 71.3 Å². The van der Waals surface area contributed by atoms with E-state index in [1.807, 2.05) is 37.3 Å². The molecule has 2 aromatic heterocycles. The van der Waals surface area contributed by atoms with E-state index in [2.05, 4.69) is 20.7 Å². The first-order valence-corrected chi connectivity index (χ1v) is 10.1. The van der Waals surface area contributed by atoms with Gasteiger partial charge in [-0.2, -0.15) is 5.10 Å². The molecule has 4 rings (SSSR count). The molecule has 0 spiro atoms. The third-order valence-corrected chi connectivity index (χ3v) is 5.07. The predicted molar refractivity (Wildman–Crippen MR) is 114 cm³/mol. The zero-order valence-electron chi connectivity index (χ0n) is 17.5. The number of carbonyl (C=O) groups excluding carboxylic acids is 2. The van der Waals surface area contributed by atoms with Crippen LogP contribution in [-0.2, 0) is 26.7 Å². The van der Waals surface area contributed by atoms with Gasteiger partial charge >= 0.3 is 6.03 Å². The smallest absolute Gasteiger partial charge is 0.322 e. The number of nitrogens with zero attached hydrogens (tertiary/aromatic N) is 4. The van der Waals surface area contributed by atoms with Gasteiger partial charge in [-0.15, -0.1) is 0 Å². The first kappa shape index (κ1) is 20.4. The lowest BCUT2D eigenvalue weighted by Gasteiger charge is -2.18. The van der Waals surface area contributed by atoms with E-state index in [1.165, 1.54) is 0 Å². The molecular weight excluding hydrogens is 396 g/mol. The minimum Gasteiger partial charge on any atom is -0.492 e. The molecule has 0 radical (unpaired) electrons. The summed E-state index contributed by atoms with van der Waals surface area (Å²) in [7, 11) is 1.78. The SMILES string of the molecule is CCOc1ccccc1NC(=O)N1Cc2c(C(=O)NCc3cccnc3)nn(C)c2C1. The van der Waals surface area contributed by atoms with Gasteiger partial charge in [-0.25, -0.2) is 4.79 Å². The molecule has 0 unspecified atom stereocenters. The lowest BCUT2D eigenvalue weighted by molar-refractivity contribution is 0.0943. The van der Waals surface area contributed by atoms with Gasteiger partial charge in [0.15, 0.2) is 5.69 Å². The highest BCUT2D eigenvalue weighted by atomic mass is 16.5. The summed E-state index contributed by atoms with van der Waals surface area (Å²) < 4.78 is 7.24. The Labute approximate surface area is 180 Å². The van der Waals surface area contributed by atoms with Gasteiger partial charge in [0.05, 0.1) is 31.1 Å². The number of carbonyl (C=O) groups is 2. The maximum absolute atomic E-state index is 12.9. The molecule has 0 atom stereocenters. The van der Waals surface area contributed by atoms with Crippen LogP contribution in [0.15, 0.2) is 48.8 Å². The highest BCUT2D eigenvalue weighted by Gasteiger charge is 2.32. The molecule has 0 aliphatic carbocycles. The number of hydrogen-bond donors (Lipinski definition) is 2. The zero-order chi connectivity index (χ0) is 21.8. The summed E-state index contributed by atoms with van der Waals surface area (Å²) in [6.45, 7) is 3.43. The summed E-state index contributed by atoms with van der Waals surface area (Å²) in [5.74, 6) is 0.344. The number of urea groups is 1. The summed E-state index contributed by atoms with van der Waals surface area (Å²) in [5, 5.41) is 10.1. The van der Waals surface area contributed by atoms with Crippen molar-refractivity contribution in [3.63, 3.8) is 0 Å². The van der Waals surface area contributed by atoms with E-state index in [0.29, 0.717) is 43.4 Å². The monoisotopic (exact) mass is 420 g/mol. The van der Waals surface area contributed by atoms with Crippen molar-refractivity contribution in [2.24, 2.45) is 7.05 Å². The normalized spacial score (nSPS) is 12.4. The molecule has 160 valence electrons. The van der Waals surface area contributed by atoms with Crippen LogP contribution >= 0.6 is 0 Å². The summed E-state index contributed by atoms with van der Waals surface area (Å²) in [6, 6.07) is 10.8. The molecule has 3 heterocycles. The van der Waals surface area contributed by atoms with Gasteiger partial charge in [0.25, 0.3) is 5.91 Å². The largest absolute Gasteiger partial charge is 0.492 e. The number of ether oxygens (including phenoxy) is 1. The Kier molecular flexibility index (Phi) is 5.83. The number of hydrogen-bond acceptors (Lipinski definition) is 5. The molecular formula is C22H24N6O3. The third kappa shape index (κ3) is 4.35. The highest BCUT2D eigenvalue weighted by molar-refractivity contribution is 5.95. The molecule has 1 aliphatic rings. The fraction of sp³-hybridized carbons (Fsp3) is 0.273. The van der Waals surface area contributed by atoms with Gasteiger partial charge in [-0.1, -0.05) is 18.2 Å². The van der Waals surface area contributed by atoms with E-state index in [9.17, 15) is 9.59 Å². The van der Waals surface area contributed by atoms with Gasteiger partial charge in [-0.05, 0) is 30.7 Å². The Morgan fingerprint density at radius 3 is 2.77 bits per heavy atom. The fourth-order valence-electron chi connectivity index (χ4n) is 3.53. The Balaban J connectivity index is 1.44. The quantitative estimate of drug-likeness (QED) is 0.639. The van der Waals surface area contributed by atoms with Crippen molar-refractivity contribution in [1.82, 2.24) is 25.0 Å². The number of pyridine rings is 1. The van der Waals surface area contributed by atoms with E-state index >= 15 is 0 Å². The van der Waals surface area contributed by atoms with Crippen LogP contribution in [0.25, 0.3) is 0 Å². The number of aryl methyl sites for hydroxylation is 1. The topological polar surface area (TPSA) is 101 Å². The van der Waals surface area contributed by atoms with E-state index in [4.69, 9.17) is 4.74 Å². The number of amides is 3. The summed E-state index contributed by atoms with van der Waals surface area (Å²) in [6.07, 6.45) is 3.39. The van der Waals surface area contributed by atoms with Crippen molar-refractivity contribution >= 4 is 17.6 Å². The summed E-state index contributed by atoms with van der Waals surface area (Å²) >= 11 is 0. The minimum absolute atomic E-state index is 0.259. The van der Waals surface area contributed by atoms with Crippen LogP contribution in [-0.4, -0.2) is 38.2 Å². The maximum atomic E-state index is 12.9. The number of fused-ring (bicyclic) bond motifs is 1. The Morgan fingerprint density at radius 2 is 2.00 bits per heavy atom. The van der Waals surface area contributed by atoms with E-state index in [0.717, 1.165) is 16.8 Å². The number of aromatic nitrogens is 3. The van der Waals surface area contributed by atoms with Crippen molar-refractivity contribution in [3.8, 4) is 5.75 Å². The van der Waals surface area contributed by atoms with Gasteiger partial charge in [0.1, 0.15) is 5.75 Å². The maximum Gasteiger partial charge on any atom is 0.322 e. The number of para-hydroxylation sites is 2. The summed E-state index contributed by atoms with van der Waals surface area (Å²) in [5.41, 5.74) is 3.46. The standard InChI is InChI=1S/C22H24N6O3/c1-3-31-19-9-5-4-8-17(19)25-22(30)28-13-16-18(14-28)27(2)26-20(16)21(29)24-12-15-7-6-10-23-11-15/h4-11H,3,12-14H2,1-2H3,(H,24,29)(H,25,30). The second-order valence-electron chi connectivity index (χ2n) is 7.16. The Morgan fingerprint density at radius 1 is 1.16 bits per heavy atom. The lowest BCUT2D eigenvalue weighted by atomic mass is 10.2. The van der Waals surface area contributed by atoms with Crippen LogP contribution < -0.4 is 15.4 Å². The zero-order valence-corrected chi connectivity index (χ0v) is 17.5. The van der Waals surface area contributed by atoms with Crippen molar-refractivity contribution in [2.45, 2.75) is 26.6 Å². The van der Waals surface area contributed by atoms with Gasteiger partial charge in [0.2, 0.25) is 0 Å². The third-order valence-electron chi connectivity index (χ3n) is 5.07. The molecule has 31 heavy (non-hydrogen) atoms. The number of anilines is 1. The lowest BCUT2D eigenvalue weighted by Crippen LogP contribution is -2.31. The van der Waals surface area contributed by atoms with Crippen LogP contribution in [0.3, 0.4) is 0 Å². The van der Waals surface area contributed by atoms with Crippen LogP contribution in [0.1, 0.15) is 34.2 Å². The predicted octanol–water partition coefficient (Wildman–Crippen LogP) is 2.69. The molecule has 2 N–H and O–H groups in total. The van der Waals surface area contributed by atoms with Gasteiger partial charge in [-0.3, -0.25) is 14.5 Å². The fourth-order valence-corrected chi connectivity index (χ4v) is 3.53. The van der Waals surface area contributed by atoms with Gasteiger partial charge in [0, 0.05) is 31.5 Å². The molecule has 0 saturated carbocycles. The average molecular weight is 420 g/mol. The molecule has 9 heteroatoms. The van der Waals surface area contributed by atoms with E-state index in [1.54, 1.807) is 35.1 Å². The first-order valence-electron chi connectivity index (χ1n) is 10.1. The molecule has 9 nitrogen and oxygen atoms in total. The van der Waals surface area contributed by atoms with Crippen molar-refractivity contribution in [1.29, 1.82) is 0 Å². The minimum atomic E-state index is -0.273. The number of nitrogens with one attached hydrogen (secondary N) is 2. The average Bonchev–Trinajstić information content (AvgIpc) is 3.35. The van der Waals surface area contributed by atoms with Crippen LogP contribution in [0.2, 0.25) is 0 Å². The second-order valence-corrected chi connectivity index (χ2v) is 7.16. The Bertz CT molecular complexity index is 1100. The number of benzene rings is 1. The van der Waals surface area contributed by atoms with Crippen LogP contribution in [0, 0.1) is 0 Å². The summed E-state index contributed by atoms with van der Waals surface area (Å²) in [4.78, 5) is 31.3. The molecule has 1 aromatic carbocycles. The molecule has 0 saturated heterocycles. The molecule has 0 fully saturated rings. The van der Waals surface area contributed by atoms with Gasteiger partial charge < -0.3 is 20.3 Å². The van der Waals surface area contributed by atoms with Crippen molar-refractivity contribution < 1.29 is 14.3 Å². The second kappa shape index (κ2) is 8.86. The first-order chi connectivity index (χ1) is 15.1. The van der Waals surface area contributed by atoms with E-state index < -0.39 is 0 Å². The molecule has 3 amide bonds.